The molecule has 22 heavy (non-hydrogen) atoms. The summed E-state index contributed by atoms with van der Waals surface area (Å²) in [6, 6.07) is 6.38. The molecule has 0 unspecified atom stereocenters. The Bertz CT molecular complexity index is 666. The van der Waals surface area contributed by atoms with Gasteiger partial charge < -0.3 is 10.2 Å². The Morgan fingerprint density at radius 3 is 2.91 bits per heavy atom. The standard InChI is InChI=1S/C16H20BrN3OS/c1-2-12(17)15(21)19-16-18-13-7-6-11(10-14(13)22-16)20-8-4-3-5-9-20/h6-7,10,12H,2-5,8-9H2,1H3,(H,18,19,21)/t12-/m0/s1. The molecular weight excluding hydrogens is 362 g/mol. The number of carbonyl (C=O) groups is 1. The number of anilines is 2. The molecule has 1 aliphatic heterocycles. The molecule has 1 saturated heterocycles. The topological polar surface area (TPSA) is 45.2 Å². The predicted molar refractivity (Wildman–Crippen MR) is 97.3 cm³/mol. The number of nitrogens with zero attached hydrogens (tertiary/aromatic N) is 2. The summed E-state index contributed by atoms with van der Waals surface area (Å²) >= 11 is 4.91. The van der Waals surface area contributed by atoms with Gasteiger partial charge in [0.25, 0.3) is 0 Å². The van der Waals surface area contributed by atoms with Gasteiger partial charge in [0.15, 0.2) is 5.13 Å². The van der Waals surface area contributed by atoms with Gasteiger partial charge in [-0.05, 0) is 43.9 Å². The molecule has 1 aliphatic rings. The van der Waals surface area contributed by atoms with Crippen LogP contribution < -0.4 is 10.2 Å². The van der Waals surface area contributed by atoms with Gasteiger partial charge in [-0.15, -0.1) is 0 Å². The van der Waals surface area contributed by atoms with Crippen LogP contribution in [0, 0.1) is 0 Å². The number of benzene rings is 1. The predicted octanol–water partition coefficient (Wildman–Crippen LogP) is 4.40. The van der Waals surface area contributed by atoms with Crippen LogP contribution in [0.3, 0.4) is 0 Å². The smallest absolute Gasteiger partial charge is 0.239 e. The number of hydrogen-bond donors (Lipinski definition) is 1. The van der Waals surface area contributed by atoms with Crippen LogP contribution in [0.1, 0.15) is 32.6 Å². The molecule has 0 aliphatic carbocycles. The molecule has 1 aromatic carbocycles. The van der Waals surface area contributed by atoms with Gasteiger partial charge in [-0.2, -0.15) is 0 Å². The number of halogens is 1. The van der Waals surface area contributed by atoms with Crippen molar-refractivity contribution in [3.63, 3.8) is 0 Å². The van der Waals surface area contributed by atoms with E-state index in [9.17, 15) is 4.79 Å². The zero-order valence-corrected chi connectivity index (χ0v) is 15.0. The number of piperidine rings is 1. The molecule has 3 rings (SSSR count). The highest BCUT2D eigenvalue weighted by Gasteiger charge is 2.16. The van der Waals surface area contributed by atoms with Gasteiger partial charge >= 0.3 is 0 Å². The summed E-state index contributed by atoms with van der Waals surface area (Å²) < 4.78 is 1.13. The molecule has 1 amide bonds. The maximum absolute atomic E-state index is 11.9. The number of carbonyl (C=O) groups excluding carboxylic acids is 1. The number of thiazole rings is 1. The van der Waals surface area contributed by atoms with Gasteiger partial charge in [0.2, 0.25) is 5.91 Å². The third kappa shape index (κ3) is 3.43. The largest absolute Gasteiger partial charge is 0.371 e. The van der Waals surface area contributed by atoms with Crippen molar-refractivity contribution in [1.82, 2.24) is 4.98 Å². The first-order chi connectivity index (χ1) is 10.7. The highest BCUT2D eigenvalue weighted by atomic mass is 79.9. The third-order valence-electron chi connectivity index (χ3n) is 3.97. The van der Waals surface area contributed by atoms with Crippen molar-refractivity contribution >= 4 is 54.2 Å². The Hall–Kier alpha value is -1.14. The van der Waals surface area contributed by atoms with Gasteiger partial charge in [-0.3, -0.25) is 4.79 Å². The van der Waals surface area contributed by atoms with Crippen LogP contribution >= 0.6 is 27.3 Å². The molecule has 0 radical (unpaired) electrons. The Kier molecular flexibility index (Phi) is 4.98. The van der Waals surface area contributed by atoms with Gasteiger partial charge in [0.05, 0.1) is 15.0 Å². The van der Waals surface area contributed by atoms with E-state index in [1.54, 1.807) is 11.3 Å². The van der Waals surface area contributed by atoms with E-state index in [1.165, 1.54) is 24.9 Å². The summed E-state index contributed by atoms with van der Waals surface area (Å²) in [5.74, 6) is -0.0298. The SMILES string of the molecule is CC[C@H](Br)C(=O)Nc1nc2ccc(N3CCCCC3)cc2s1. The molecule has 2 aromatic rings. The number of aromatic nitrogens is 1. The summed E-state index contributed by atoms with van der Waals surface area (Å²) in [7, 11) is 0. The molecular formula is C16H20BrN3OS. The van der Waals surface area contributed by atoms with Crippen LogP contribution in [-0.4, -0.2) is 28.8 Å². The van der Waals surface area contributed by atoms with Crippen molar-refractivity contribution in [2.45, 2.75) is 37.4 Å². The third-order valence-corrected chi connectivity index (χ3v) is 5.96. The van der Waals surface area contributed by atoms with E-state index in [-0.39, 0.29) is 10.7 Å². The lowest BCUT2D eigenvalue weighted by Crippen LogP contribution is -2.29. The highest BCUT2D eigenvalue weighted by molar-refractivity contribution is 9.10. The molecule has 0 saturated carbocycles. The molecule has 118 valence electrons. The minimum absolute atomic E-state index is 0.0298. The minimum atomic E-state index is -0.163. The Labute approximate surface area is 143 Å². The lowest BCUT2D eigenvalue weighted by atomic mass is 10.1. The van der Waals surface area contributed by atoms with Gasteiger partial charge in [-0.1, -0.05) is 34.2 Å². The van der Waals surface area contributed by atoms with E-state index in [4.69, 9.17) is 0 Å². The van der Waals surface area contributed by atoms with Gasteiger partial charge in [0.1, 0.15) is 0 Å². The van der Waals surface area contributed by atoms with E-state index in [0.717, 1.165) is 29.7 Å². The second kappa shape index (κ2) is 6.96. The van der Waals surface area contributed by atoms with Crippen molar-refractivity contribution < 1.29 is 4.79 Å². The van der Waals surface area contributed by atoms with E-state index >= 15 is 0 Å². The molecule has 2 heterocycles. The number of nitrogens with one attached hydrogen (secondary N) is 1. The molecule has 6 heteroatoms. The van der Waals surface area contributed by atoms with Gasteiger partial charge in [0, 0.05) is 18.8 Å². The lowest BCUT2D eigenvalue weighted by Gasteiger charge is -2.28. The first-order valence-electron chi connectivity index (χ1n) is 7.78. The van der Waals surface area contributed by atoms with E-state index in [0.29, 0.717) is 5.13 Å². The average molecular weight is 382 g/mol. The fourth-order valence-corrected chi connectivity index (χ4v) is 3.70. The minimum Gasteiger partial charge on any atom is -0.371 e. The summed E-state index contributed by atoms with van der Waals surface area (Å²) in [5, 5.41) is 3.56. The van der Waals surface area contributed by atoms with Crippen LogP contribution in [0.5, 0.6) is 0 Å². The molecule has 4 nitrogen and oxygen atoms in total. The highest BCUT2D eigenvalue weighted by Crippen LogP contribution is 2.31. The maximum Gasteiger partial charge on any atom is 0.239 e. The van der Waals surface area contributed by atoms with Crippen molar-refractivity contribution in [2.75, 3.05) is 23.3 Å². The van der Waals surface area contributed by atoms with Gasteiger partial charge in [-0.25, -0.2) is 4.98 Å². The monoisotopic (exact) mass is 381 g/mol. The second-order valence-electron chi connectivity index (χ2n) is 5.58. The van der Waals surface area contributed by atoms with Crippen LogP contribution in [0.25, 0.3) is 10.2 Å². The summed E-state index contributed by atoms with van der Waals surface area (Å²) in [6.45, 7) is 4.24. The molecule has 1 fully saturated rings. The zero-order chi connectivity index (χ0) is 15.5. The van der Waals surface area contributed by atoms with Crippen LogP contribution in [0.4, 0.5) is 10.8 Å². The molecule has 0 bridgehead atoms. The van der Waals surface area contributed by atoms with Crippen LogP contribution in [0.15, 0.2) is 18.2 Å². The molecule has 1 aromatic heterocycles. The van der Waals surface area contributed by atoms with Crippen molar-refractivity contribution in [2.24, 2.45) is 0 Å². The second-order valence-corrected chi connectivity index (χ2v) is 7.72. The Balaban J connectivity index is 1.79. The van der Waals surface area contributed by atoms with Crippen LogP contribution in [0.2, 0.25) is 0 Å². The average Bonchev–Trinajstić information content (AvgIpc) is 2.96. The normalized spacial score (nSPS) is 16.7. The fraction of sp³-hybridized carbons (Fsp3) is 0.500. The maximum atomic E-state index is 11.9. The molecule has 1 atom stereocenters. The first kappa shape index (κ1) is 15.7. The first-order valence-corrected chi connectivity index (χ1v) is 9.51. The van der Waals surface area contributed by atoms with Crippen molar-refractivity contribution in [3.8, 4) is 0 Å². The van der Waals surface area contributed by atoms with Crippen molar-refractivity contribution in [1.29, 1.82) is 0 Å². The van der Waals surface area contributed by atoms with E-state index < -0.39 is 0 Å². The summed E-state index contributed by atoms with van der Waals surface area (Å²) in [6.07, 6.45) is 4.63. The summed E-state index contributed by atoms with van der Waals surface area (Å²) in [5.41, 5.74) is 2.21. The summed E-state index contributed by atoms with van der Waals surface area (Å²) in [4.78, 5) is 18.7. The Morgan fingerprint density at radius 2 is 2.18 bits per heavy atom. The number of fused-ring (bicyclic) bond motifs is 1. The Morgan fingerprint density at radius 1 is 1.41 bits per heavy atom. The fourth-order valence-electron chi connectivity index (χ4n) is 2.68. The number of hydrogen-bond acceptors (Lipinski definition) is 4. The number of alkyl halides is 1. The van der Waals surface area contributed by atoms with Crippen LogP contribution in [-0.2, 0) is 4.79 Å². The quantitative estimate of drug-likeness (QED) is 0.798. The molecule has 0 spiro atoms. The van der Waals surface area contributed by atoms with E-state index in [2.05, 4.69) is 49.3 Å². The number of rotatable bonds is 4. The van der Waals surface area contributed by atoms with E-state index in [1.807, 2.05) is 6.92 Å². The van der Waals surface area contributed by atoms with Crippen molar-refractivity contribution in [3.05, 3.63) is 18.2 Å². The zero-order valence-electron chi connectivity index (χ0n) is 12.6. The lowest BCUT2D eigenvalue weighted by molar-refractivity contribution is -0.115. The number of amides is 1. The molecule has 1 N–H and O–H groups in total.